The van der Waals surface area contributed by atoms with E-state index in [0.717, 1.165) is 0 Å². The van der Waals surface area contributed by atoms with Gasteiger partial charge in [0.1, 0.15) is 0 Å². The van der Waals surface area contributed by atoms with Crippen molar-refractivity contribution in [2.24, 2.45) is 0 Å². The van der Waals surface area contributed by atoms with Crippen molar-refractivity contribution in [3.63, 3.8) is 0 Å². The van der Waals surface area contributed by atoms with Gasteiger partial charge in [0.15, 0.2) is 0 Å². The zero-order valence-corrected chi connectivity index (χ0v) is 15.1. The molecule has 0 bridgehead atoms. The molecule has 7 nitrogen and oxygen atoms in total. The van der Waals surface area contributed by atoms with E-state index in [1.54, 1.807) is 0 Å². The Morgan fingerprint density at radius 2 is 0.909 bits per heavy atom. The monoisotopic (exact) mass is 368 g/mol. The minimum absolute atomic E-state index is 0.0314. The SMILES string of the molecule is O=C(CN(CC(=O)NCCS)CC(=O)NCCS)NCCS. The summed E-state index contributed by atoms with van der Waals surface area (Å²) in [4.78, 5) is 36.7. The minimum atomic E-state index is -0.252. The summed E-state index contributed by atoms with van der Waals surface area (Å²) in [6, 6.07) is 0. The van der Waals surface area contributed by atoms with Crippen LogP contribution in [0, 0.1) is 0 Å². The van der Waals surface area contributed by atoms with Gasteiger partial charge in [0, 0.05) is 36.9 Å². The van der Waals surface area contributed by atoms with E-state index in [0.29, 0.717) is 36.9 Å². The molecule has 0 aromatic carbocycles. The zero-order chi connectivity index (χ0) is 16.8. The van der Waals surface area contributed by atoms with Gasteiger partial charge >= 0.3 is 0 Å². The Labute approximate surface area is 147 Å². The number of hydrogen-bond acceptors (Lipinski definition) is 7. The lowest BCUT2D eigenvalue weighted by atomic mass is 10.4. The van der Waals surface area contributed by atoms with Crippen LogP contribution in [-0.4, -0.2) is 79.1 Å². The second-order valence-electron chi connectivity index (χ2n) is 4.37. The van der Waals surface area contributed by atoms with Crippen molar-refractivity contribution < 1.29 is 14.4 Å². The van der Waals surface area contributed by atoms with E-state index < -0.39 is 0 Å². The summed E-state index contributed by atoms with van der Waals surface area (Å²) in [7, 11) is 0. The van der Waals surface area contributed by atoms with Crippen molar-refractivity contribution in [2.45, 2.75) is 0 Å². The van der Waals surface area contributed by atoms with Crippen LogP contribution in [-0.2, 0) is 14.4 Å². The van der Waals surface area contributed by atoms with Gasteiger partial charge in [-0.25, -0.2) is 0 Å². The second kappa shape index (κ2) is 14.0. The fourth-order valence-electron chi connectivity index (χ4n) is 1.53. The number of nitrogens with zero attached hydrogens (tertiary/aromatic N) is 1. The number of carbonyl (C=O) groups excluding carboxylic acids is 3. The molecule has 0 unspecified atom stereocenters. The number of hydrogen-bond donors (Lipinski definition) is 6. The molecule has 3 N–H and O–H groups in total. The fourth-order valence-corrected chi connectivity index (χ4v) is 1.87. The molecule has 10 heteroatoms. The van der Waals surface area contributed by atoms with Gasteiger partial charge in [-0.15, -0.1) is 0 Å². The highest BCUT2D eigenvalue weighted by Crippen LogP contribution is 1.90. The number of nitrogens with one attached hydrogen (secondary N) is 3. The molecule has 0 aromatic rings. The smallest absolute Gasteiger partial charge is 0.234 e. The molecule has 0 radical (unpaired) electrons. The van der Waals surface area contributed by atoms with Crippen LogP contribution >= 0.6 is 37.9 Å². The van der Waals surface area contributed by atoms with Gasteiger partial charge in [-0.2, -0.15) is 37.9 Å². The molecule has 0 saturated carbocycles. The third kappa shape index (κ3) is 12.0. The van der Waals surface area contributed by atoms with Crippen molar-refractivity contribution in [2.75, 3.05) is 56.5 Å². The number of carbonyl (C=O) groups is 3. The van der Waals surface area contributed by atoms with Crippen LogP contribution in [0.1, 0.15) is 0 Å². The van der Waals surface area contributed by atoms with E-state index in [1.807, 2.05) is 0 Å². The maximum Gasteiger partial charge on any atom is 0.234 e. The standard InChI is InChI=1S/C12H24N4O3S3/c17-10(13-1-4-20)7-16(8-11(18)14-2-5-21)9-12(19)15-3-6-22/h20-22H,1-9H2,(H,13,17)(H,14,18)(H,15,19). The van der Waals surface area contributed by atoms with E-state index in [1.165, 1.54) is 4.90 Å². The molecule has 0 heterocycles. The first-order valence-electron chi connectivity index (χ1n) is 6.88. The molecule has 0 aliphatic rings. The number of thiol groups is 3. The first-order valence-corrected chi connectivity index (χ1v) is 8.78. The Bertz CT molecular complexity index is 306. The van der Waals surface area contributed by atoms with Crippen LogP contribution in [0.25, 0.3) is 0 Å². The fraction of sp³-hybridized carbons (Fsp3) is 0.750. The molecule has 0 rings (SSSR count). The van der Waals surface area contributed by atoms with E-state index in [4.69, 9.17) is 0 Å². The van der Waals surface area contributed by atoms with Crippen molar-refractivity contribution in [3.8, 4) is 0 Å². The second-order valence-corrected chi connectivity index (χ2v) is 5.71. The molecule has 0 spiro atoms. The van der Waals surface area contributed by atoms with Crippen LogP contribution < -0.4 is 16.0 Å². The highest BCUT2D eigenvalue weighted by molar-refractivity contribution is 7.80. The lowest BCUT2D eigenvalue weighted by Crippen LogP contribution is -2.47. The number of amides is 3. The van der Waals surface area contributed by atoms with Crippen LogP contribution in [0.5, 0.6) is 0 Å². The Morgan fingerprint density at radius 3 is 1.14 bits per heavy atom. The summed E-state index contributed by atoms with van der Waals surface area (Å²) in [5.74, 6) is 0.818. The molecule has 3 amide bonds. The molecule has 0 aliphatic carbocycles. The summed E-state index contributed by atoms with van der Waals surface area (Å²) < 4.78 is 0. The highest BCUT2D eigenvalue weighted by atomic mass is 32.1. The maximum absolute atomic E-state index is 11.7. The summed E-state index contributed by atoms with van der Waals surface area (Å²) in [5.41, 5.74) is 0. The van der Waals surface area contributed by atoms with Crippen LogP contribution in [0.4, 0.5) is 0 Å². The average Bonchev–Trinajstić information content (AvgIpc) is 2.48. The summed E-state index contributed by atoms with van der Waals surface area (Å²) >= 11 is 12.0. The van der Waals surface area contributed by atoms with Gasteiger partial charge in [0.05, 0.1) is 19.6 Å². The highest BCUT2D eigenvalue weighted by Gasteiger charge is 2.17. The number of rotatable bonds is 12. The first kappa shape index (κ1) is 21.4. The summed E-state index contributed by atoms with van der Waals surface area (Å²) in [5, 5.41) is 7.95. The summed E-state index contributed by atoms with van der Waals surface area (Å²) in [6.45, 7) is 1.22. The predicted molar refractivity (Wildman–Crippen MR) is 97.0 cm³/mol. The van der Waals surface area contributed by atoms with Crippen LogP contribution in [0.2, 0.25) is 0 Å². The normalized spacial score (nSPS) is 10.4. The topological polar surface area (TPSA) is 90.5 Å². The lowest BCUT2D eigenvalue weighted by molar-refractivity contribution is -0.127. The molecule has 0 saturated heterocycles. The lowest BCUT2D eigenvalue weighted by Gasteiger charge is -2.20. The van der Waals surface area contributed by atoms with Gasteiger partial charge in [0.25, 0.3) is 0 Å². The zero-order valence-electron chi connectivity index (χ0n) is 12.4. The first-order chi connectivity index (χ1) is 10.5. The van der Waals surface area contributed by atoms with E-state index in [9.17, 15) is 14.4 Å². The van der Waals surface area contributed by atoms with Gasteiger partial charge in [-0.05, 0) is 0 Å². The molecule has 0 aliphatic heterocycles. The minimum Gasteiger partial charge on any atom is -0.354 e. The van der Waals surface area contributed by atoms with Crippen LogP contribution in [0.15, 0.2) is 0 Å². The molecule has 0 atom stereocenters. The molecule has 22 heavy (non-hydrogen) atoms. The Hall–Kier alpha value is -0.580. The third-order valence-corrected chi connectivity index (χ3v) is 3.07. The molecule has 128 valence electrons. The predicted octanol–water partition coefficient (Wildman–Crippen LogP) is -1.57. The van der Waals surface area contributed by atoms with Gasteiger partial charge < -0.3 is 16.0 Å². The molecular formula is C12H24N4O3S3. The van der Waals surface area contributed by atoms with E-state index in [2.05, 4.69) is 53.8 Å². The van der Waals surface area contributed by atoms with Gasteiger partial charge in [-0.3, -0.25) is 19.3 Å². The molecular weight excluding hydrogens is 344 g/mol. The maximum atomic E-state index is 11.7. The Balaban J connectivity index is 4.44. The van der Waals surface area contributed by atoms with E-state index in [-0.39, 0.29) is 37.4 Å². The Kier molecular flexibility index (Phi) is 13.7. The molecule has 0 aromatic heterocycles. The van der Waals surface area contributed by atoms with Crippen molar-refractivity contribution in [3.05, 3.63) is 0 Å². The average molecular weight is 369 g/mol. The van der Waals surface area contributed by atoms with Gasteiger partial charge in [-0.1, -0.05) is 0 Å². The van der Waals surface area contributed by atoms with Gasteiger partial charge in [0.2, 0.25) is 17.7 Å². The van der Waals surface area contributed by atoms with Crippen LogP contribution in [0.3, 0.4) is 0 Å². The Morgan fingerprint density at radius 1 is 0.636 bits per heavy atom. The van der Waals surface area contributed by atoms with E-state index >= 15 is 0 Å². The largest absolute Gasteiger partial charge is 0.354 e. The van der Waals surface area contributed by atoms with Crippen molar-refractivity contribution in [1.29, 1.82) is 0 Å². The molecule has 0 fully saturated rings. The van der Waals surface area contributed by atoms with Crippen molar-refractivity contribution >= 4 is 55.6 Å². The third-order valence-electron chi connectivity index (χ3n) is 2.40. The van der Waals surface area contributed by atoms with Crippen molar-refractivity contribution in [1.82, 2.24) is 20.9 Å². The quantitative estimate of drug-likeness (QED) is 0.235. The summed E-state index contributed by atoms with van der Waals surface area (Å²) in [6.07, 6.45) is 0.